The molecule has 76 valence electrons. The second-order valence-electron chi connectivity index (χ2n) is 2.29. The number of carbonyl (C=O) groups excluding carboxylic acids is 1. The molecule has 0 bridgehead atoms. The van der Waals surface area contributed by atoms with Crippen molar-refractivity contribution in [1.29, 1.82) is 0 Å². The molecule has 1 heterocycles. The summed E-state index contributed by atoms with van der Waals surface area (Å²) in [5.41, 5.74) is 0. The van der Waals surface area contributed by atoms with Crippen LogP contribution in [0.2, 0.25) is 0 Å². The van der Waals surface area contributed by atoms with Gasteiger partial charge >= 0.3 is 29.6 Å². The number of hydrogen-bond donors (Lipinski definition) is 3. The van der Waals surface area contributed by atoms with Gasteiger partial charge in [-0.15, -0.1) is 0 Å². The summed E-state index contributed by atoms with van der Waals surface area (Å²) in [4.78, 5) is 10.8. The molecule has 0 amide bonds. The fourth-order valence-electron chi connectivity index (χ4n) is 0.809. The first-order chi connectivity index (χ1) is 5.57. The molecule has 1 aliphatic rings. The van der Waals surface area contributed by atoms with E-state index in [1.807, 2.05) is 0 Å². The summed E-state index contributed by atoms with van der Waals surface area (Å²) in [7, 11) is 0. The van der Waals surface area contributed by atoms with Crippen LogP contribution in [0.1, 0.15) is 0 Å². The number of ether oxygens (including phenoxy) is 1. The van der Waals surface area contributed by atoms with Gasteiger partial charge in [0.25, 0.3) is 0 Å². The van der Waals surface area contributed by atoms with E-state index in [2.05, 4.69) is 4.74 Å². The normalized spacial score (nSPS) is 22.1. The van der Waals surface area contributed by atoms with Crippen LogP contribution >= 0.6 is 0 Å². The number of hydrogen-bond acceptors (Lipinski definition) is 6. The molecule has 0 spiro atoms. The van der Waals surface area contributed by atoms with Crippen LogP contribution in [0.5, 0.6) is 0 Å². The first-order valence-corrected chi connectivity index (χ1v) is 3.18. The SMILES string of the molecule is O.O=C1C(O)=C([O-])O[C@@H]1[C@H](O)CO.[Na+]. The van der Waals surface area contributed by atoms with E-state index < -0.39 is 36.3 Å². The van der Waals surface area contributed by atoms with E-state index >= 15 is 0 Å². The molecule has 0 radical (unpaired) electrons. The molecule has 0 aromatic rings. The van der Waals surface area contributed by atoms with Crippen molar-refractivity contribution in [2.45, 2.75) is 12.2 Å². The van der Waals surface area contributed by atoms with Gasteiger partial charge in [-0.2, -0.15) is 0 Å². The standard InChI is InChI=1S/C6H8O6.Na.H2O/c7-1-2(8)5-3(9)4(10)6(11)12-5;;/h2,5,7-8,10-11H,1H2;;1H2/q;+1;/p-1/t2-,5-;;/m1../s1. The fourth-order valence-corrected chi connectivity index (χ4v) is 0.809. The molecule has 0 fully saturated rings. The van der Waals surface area contributed by atoms with E-state index in [0.717, 1.165) is 0 Å². The molecule has 5 N–H and O–H groups in total. The number of ketones is 1. The molecule has 1 rings (SSSR count). The Morgan fingerprint density at radius 1 is 1.57 bits per heavy atom. The van der Waals surface area contributed by atoms with Gasteiger partial charge in [0.05, 0.1) is 18.7 Å². The van der Waals surface area contributed by atoms with Crippen molar-refractivity contribution in [3.05, 3.63) is 11.7 Å². The average Bonchev–Trinajstić information content (AvgIpc) is 2.32. The maximum Gasteiger partial charge on any atom is 1.00 e. The summed E-state index contributed by atoms with van der Waals surface area (Å²) in [6.45, 7) is -0.711. The molecule has 1 aliphatic heterocycles. The van der Waals surface area contributed by atoms with Gasteiger partial charge in [0.15, 0.2) is 5.76 Å². The molecular formula is C6H9NaO7. The molecular weight excluding hydrogens is 207 g/mol. The zero-order chi connectivity index (χ0) is 9.30. The summed E-state index contributed by atoms with van der Waals surface area (Å²) in [5, 5.41) is 36.5. The Hall–Kier alpha value is -0.310. The molecule has 0 aliphatic carbocycles. The average molecular weight is 216 g/mol. The number of Topliss-reactive ketones (excluding diaryl/α,β-unsaturated/α-hetero) is 1. The topological polar surface area (TPSA) is 142 Å². The van der Waals surface area contributed by atoms with Crippen LogP contribution in [-0.4, -0.2) is 45.4 Å². The van der Waals surface area contributed by atoms with Crippen molar-refractivity contribution in [3.63, 3.8) is 0 Å². The summed E-state index contributed by atoms with van der Waals surface area (Å²) < 4.78 is 4.25. The van der Waals surface area contributed by atoms with Gasteiger partial charge < -0.3 is 30.6 Å². The maximum absolute atomic E-state index is 10.8. The molecule has 8 heteroatoms. The second-order valence-corrected chi connectivity index (χ2v) is 2.29. The fraction of sp³-hybridized carbons (Fsp3) is 0.500. The molecule has 0 saturated carbocycles. The smallest absolute Gasteiger partial charge is 0.596 e. The Kier molecular flexibility index (Phi) is 7.17. The zero-order valence-electron chi connectivity index (χ0n) is 7.43. The predicted molar refractivity (Wildman–Crippen MR) is 36.2 cm³/mol. The Morgan fingerprint density at radius 2 is 2.07 bits per heavy atom. The van der Waals surface area contributed by atoms with Crippen molar-refractivity contribution in [1.82, 2.24) is 0 Å². The number of carbonyl (C=O) groups is 1. The van der Waals surface area contributed by atoms with Crippen LogP contribution in [0.25, 0.3) is 0 Å². The van der Waals surface area contributed by atoms with Crippen LogP contribution in [0.3, 0.4) is 0 Å². The maximum atomic E-state index is 10.8. The molecule has 0 unspecified atom stereocenters. The van der Waals surface area contributed by atoms with Crippen LogP contribution in [0.4, 0.5) is 0 Å². The monoisotopic (exact) mass is 216 g/mol. The van der Waals surface area contributed by atoms with E-state index in [1.165, 1.54) is 0 Å². The number of rotatable bonds is 2. The van der Waals surface area contributed by atoms with Gasteiger partial charge in [0.1, 0.15) is 6.10 Å². The summed E-state index contributed by atoms with van der Waals surface area (Å²) in [6, 6.07) is 0. The predicted octanol–water partition coefficient (Wildman–Crippen LogP) is -6.43. The Balaban J connectivity index is 0. The largest absolute Gasteiger partial charge is 1.00 e. The van der Waals surface area contributed by atoms with Crippen molar-refractivity contribution < 1.29 is 65.0 Å². The minimum absolute atomic E-state index is 0. The molecule has 0 saturated heterocycles. The van der Waals surface area contributed by atoms with Crippen molar-refractivity contribution >= 4 is 5.78 Å². The Labute approximate surface area is 101 Å². The van der Waals surface area contributed by atoms with Gasteiger partial charge in [0.2, 0.25) is 5.78 Å². The van der Waals surface area contributed by atoms with E-state index in [4.69, 9.17) is 15.3 Å². The first kappa shape index (κ1) is 16.1. The first-order valence-electron chi connectivity index (χ1n) is 3.18. The third kappa shape index (κ3) is 2.84. The Bertz CT molecular complexity index is 238. The minimum Gasteiger partial charge on any atom is -0.596 e. The number of aliphatic hydroxyl groups excluding tert-OH is 3. The van der Waals surface area contributed by atoms with Gasteiger partial charge in [-0.1, -0.05) is 0 Å². The van der Waals surface area contributed by atoms with E-state index in [9.17, 15) is 9.90 Å². The van der Waals surface area contributed by atoms with E-state index in [-0.39, 0.29) is 35.0 Å². The van der Waals surface area contributed by atoms with Gasteiger partial charge in [-0.25, -0.2) is 0 Å². The van der Waals surface area contributed by atoms with Gasteiger partial charge in [0, 0.05) is 0 Å². The van der Waals surface area contributed by atoms with Crippen molar-refractivity contribution in [2.24, 2.45) is 0 Å². The van der Waals surface area contributed by atoms with Crippen LogP contribution in [0, 0.1) is 0 Å². The third-order valence-electron chi connectivity index (χ3n) is 1.46. The van der Waals surface area contributed by atoms with E-state index in [1.54, 1.807) is 0 Å². The third-order valence-corrected chi connectivity index (χ3v) is 1.46. The molecule has 7 nitrogen and oxygen atoms in total. The van der Waals surface area contributed by atoms with E-state index in [0.29, 0.717) is 0 Å². The van der Waals surface area contributed by atoms with Gasteiger partial charge in [-0.3, -0.25) is 4.79 Å². The van der Waals surface area contributed by atoms with Crippen molar-refractivity contribution in [2.75, 3.05) is 6.61 Å². The quantitative estimate of drug-likeness (QED) is 0.392. The second kappa shape index (κ2) is 6.23. The molecule has 0 aromatic heterocycles. The minimum atomic E-state index is -1.48. The number of aliphatic hydroxyl groups is 3. The van der Waals surface area contributed by atoms with Crippen LogP contribution < -0.4 is 34.7 Å². The summed E-state index contributed by atoms with van der Waals surface area (Å²) in [5.74, 6) is -3.20. The molecule has 0 aromatic carbocycles. The van der Waals surface area contributed by atoms with Gasteiger partial charge in [-0.05, 0) is 0 Å². The molecule has 14 heavy (non-hydrogen) atoms. The Morgan fingerprint density at radius 3 is 2.36 bits per heavy atom. The summed E-state index contributed by atoms with van der Waals surface area (Å²) >= 11 is 0. The zero-order valence-corrected chi connectivity index (χ0v) is 9.43. The van der Waals surface area contributed by atoms with Crippen LogP contribution in [0.15, 0.2) is 11.7 Å². The molecule has 2 atom stereocenters. The van der Waals surface area contributed by atoms with Crippen molar-refractivity contribution in [3.8, 4) is 0 Å². The van der Waals surface area contributed by atoms with Crippen LogP contribution in [-0.2, 0) is 9.53 Å². The summed E-state index contributed by atoms with van der Waals surface area (Å²) in [6.07, 6.45) is -2.95.